The molecule has 26 heavy (non-hydrogen) atoms. The summed E-state index contributed by atoms with van der Waals surface area (Å²) in [6, 6.07) is 0. The van der Waals surface area contributed by atoms with E-state index in [4.69, 9.17) is 18.9 Å². The Hall–Kier alpha value is -1.30. The van der Waals surface area contributed by atoms with Crippen molar-refractivity contribution in [2.75, 3.05) is 0 Å². The highest BCUT2D eigenvalue weighted by atomic mass is 16.7. The molecule has 0 fully saturated rings. The number of hydrogen-bond acceptors (Lipinski definition) is 6. The van der Waals surface area contributed by atoms with Crippen LogP contribution in [0.4, 0.5) is 4.79 Å². The van der Waals surface area contributed by atoms with Crippen molar-refractivity contribution in [1.29, 1.82) is 0 Å². The summed E-state index contributed by atoms with van der Waals surface area (Å²) in [7, 11) is 0. The Morgan fingerprint density at radius 1 is 0.500 bits per heavy atom. The maximum absolute atomic E-state index is 10.7. The smallest absolute Gasteiger partial charge is 0.463 e. The largest absolute Gasteiger partial charge is 0.508 e. The van der Waals surface area contributed by atoms with E-state index in [9.17, 15) is 9.59 Å². The molecule has 0 N–H and O–H groups in total. The number of ether oxygens (including phenoxy) is 4. The zero-order valence-electron chi connectivity index (χ0n) is 18.9. The Kier molecular flexibility index (Phi) is 19.4. The van der Waals surface area contributed by atoms with E-state index in [1.165, 1.54) is 0 Å². The Balaban J connectivity index is -0.000000310. The van der Waals surface area contributed by atoms with Crippen LogP contribution in [0.2, 0.25) is 0 Å². The minimum atomic E-state index is -0.593. The van der Waals surface area contributed by atoms with Gasteiger partial charge in [-0.3, -0.25) is 4.79 Å². The minimum absolute atomic E-state index is 0.00704. The fraction of sp³-hybridized carbons (Fsp3) is 0.900. The van der Waals surface area contributed by atoms with Crippen molar-refractivity contribution in [1.82, 2.24) is 0 Å². The monoisotopic (exact) mass is 378 g/mol. The fourth-order valence-corrected chi connectivity index (χ4v) is 1.33. The van der Waals surface area contributed by atoms with Gasteiger partial charge in [-0.25, -0.2) is 4.79 Å². The summed E-state index contributed by atoms with van der Waals surface area (Å²) in [4.78, 5) is 21.4. The zero-order chi connectivity index (χ0) is 21.4. The van der Waals surface area contributed by atoms with Gasteiger partial charge in [0.05, 0.1) is 36.4 Å². The van der Waals surface area contributed by atoms with Crippen LogP contribution in [0.1, 0.15) is 83.1 Å². The van der Waals surface area contributed by atoms with Crippen molar-refractivity contribution in [2.24, 2.45) is 5.92 Å². The van der Waals surface area contributed by atoms with Crippen LogP contribution >= 0.6 is 0 Å². The average molecular weight is 379 g/mol. The van der Waals surface area contributed by atoms with Crippen molar-refractivity contribution < 1.29 is 28.5 Å². The molecule has 0 amide bonds. The van der Waals surface area contributed by atoms with E-state index >= 15 is 0 Å². The summed E-state index contributed by atoms with van der Waals surface area (Å²) in [5.41, 5.74) is 0. The van der Waals surface area contributed by atoms with Gasteiger partial charge in [-0.2, -0.15) is 0 Å². The first-order valence-corrected chi connectivity index (χ1v) is 9.42. The molecule has 0 aliphatic rings. The van der Waals surface area contributed by atoms with E-state index in [0.29, 0.717) is 12.2 Å². The number of esters is 1. The number of hydrogen-bond donors (Lipinski definition) is 0. The molecule has 6 nitrogen and oxygen atoms in total. The van der Waals surface area contributed by atoms with Crippen molar-refractivity contribution in [3.05, 3.63) is 0 Å². The standard InChI is InChI=1S/C7H14O3.C7H14O2.C6H14O/c1-5(2)9-7(8)10-6(3)4;1-5(2)7(8)9-6(3)4;1-5(2)7-6(3)4/h5-6H,1-4H3;5-6H,1-4H3;5-6H,1-4H3. The summed E-state index contributed by atoms with van der Waals surface area (Å²) >= 11 is 0. The summed E-state index contributed by atoms with van der Waals surface area (Å²) < 4.78 is 19.5. The van der Waals surface area contributed by atoms with Gasteiger partial charge in [-0.05, 0) is 69.2 Å². The Labute approximate surface area is 160 Å². The van der Waals surface area contributed by atoms with Gasteiger partial charge in [0, 0.05) is 0 Å². The molecule has 0 radical (unpaired) electrons. The van der Waals surface area contributed by atoms with Gasteiger partial charge < -0.3 is 18.9 Å². The molecule has 0 saturated heterocycles. The summed E-state index contributed by atoms with van der Waals surface area (Å²) in [5, 5.41) is 0. The normalized spacial score (nSPS) is 10.5. The maximum Gasteiger partial charge on any atom is 0.508 e. The molecule has 0 saturated carbocycles. The van der Waals surface area contributed by atoms with E-state index in [0.717, 1.165) is 0 Å². The van der Waals surface area contributed by atoms with Crippen molar-refractivity contribution in [3.8, 4) is 0 Å². The van der Waals surface area contributed by atoms with Crippen LogP contribution < -0.4 is 0 Å². The van der Waals surface area contributed by atoms with Crippen LogP contribution in [-0.4, -0.2) is 42.6 Å². The SMILES string of the molecule is CC(C)OC(=O)C(C)C.CC(C)OC(=O)OC(C)C.CC(C)OC(C)C. The molecular formula is C20H42O6. The lowest BCUT2D eigenvalue weighted by Crippen LogP contribution is -2.16. The molecule has 0 aromatic carbocycles. The van der Waals surface area contributed by atoms with Crippen LogP contribution in [0.25, 0.3) is 0 Å². The number of rotatable bonds is 6. The lowest BCUT2D eigenvalue weighted by molar-refractivity contribution is -0.151. The molecule has 0 rings (SSSR count). The van der Waals surface area contributed by atoms with Gasteiger partial charge in [-0.15, -0.1) is 0 Å². The quantitative estimate of drug-likeness (QED) is 0.579. The Bertz CT molecular complexity index is 328. The molecule has 0 atom stereocenters. The highest BCUT2D eigenvalue weighted by Gasteiger charge is 2.09. The lowest BCUT2D eigenvalue weighted by atomic mass is 10.2. The van der Waals surface area contributed by atoms with Crippen molar-refractivity contribution in [3.63, 3.8) is 0 Å². The van der Waals surface area contributed by atoms with E-state index in [2.05, 4.69) is 0 Å². The molecule has 0 spiro atoms. The molecule has 0 aliphatic heterocycles. The van der Waals surface area contributed by atoms with Crippen LogP contribution in [0.15, 0.2) is 0 Å². The number of carbonyl (C=O) groups is 2. The fourth-order valence-electron chi connectivity index (χ4n) is 1.33. The van der Waals surface area contributed by atoms with Crippen molar-refractivity contribution >= 4 is 12.1 Å². The van der Waals surface area contributed by atoms with E-state index in [1.54, 1.807) is 27.7 Å². The van der Waals surface area contributed by atoms with Gasteiger partial charge in [-0.1, -0.05) is 13.8 Å². The molecule has 0 unspecified atom stereocenters. The highest BCUT2D eigenvalue weighted by Crippen LogP contribution is 1.98. The van der Waals surface area contributed by atoms with E-state index < -0.39 is 6.16 Å². The summed E-state index contributed by atoms with van der Waals surface area (Å²) in [6.45, 7) is 22.6. The molecular weight excluding hydrogens is 336 g/mol. The topological polar surface area (TPSA) is 71.1 Å². The van der Waals surface area contributed by atoms with Gasteiger partial charge in [0.25, 0.3) is 0 Å². The summed E-state index contributed by atoms with van der Waals surface area (Å²) in [5.74, 6) is -0.127. The molecule has 0 bridgehead atoms. The van der Waals surface area contributed by atoms with E-state index in [1.807, 2.05) is 55.4 Å². The molecule has 158 valence electrons. The average Bonchev–Trinajstić information content (AvgIpc) is 2.34. The van der Waals surface area contributed by atoms with Gasteiger partial charge in [0.1, 0.15) is 0 Å². The molecule has 0 heterocycles. The highest BCUT2D eigenvalue weighted by molar-refractivity contribution is 5.71. The molecule has 0 aliphatic carbocycles. The second kappa shape index (κ2) is 17.1. The Morgan fingerprint density at radius 2 is 0.808 bits per heavy atom. The third-order valence-corrected chi connectivity index (χ3v) is 2.03. The molecule has 0 aromatic heterocycles. The third-order valence-electron chi connectivity index (χ3n) is 2.03. The third kappa shape index (κ3) is 30.6. The van der Waals surface area contributed by atoms with Crippen molar-refractivity contribution in [2.45, 2.75) is 114 Å². The zero-order valence-corrected chi connectivity index (χ0v) is 18.9. The first kappa shape index (κ1) is 29.5. The van der Waals surface area contributed by atoms with Gasteiger partial charge in [0.15, 0.2) is 0 Å². The Morgan fingerprint density at radius 3 is 0.923 bits per heavy atom. The predicted molar refractivity (Wildman–Crippen MR) is 105 cm³/mol. The first-order chi connectivity index (χ1) is 11.7. The summed E-state index contributed by atoms with van der Waals surface area (Å²) in [6.07, 6.45) is -0.0394. The second-order valence-electron chi connectivity index (χ2n) is 7.46. The lowest BCUT2D eigenvalue weighted by Gasteiger charge is -2.10. The van der Waals surface area contributed by atoms with Gasteiger partial charge >= 0.3 is 12.1 Å². The van der Waals surface area contributed by atoms with Crippen LogP contribution in [-0.2, 0) is 23.7 Å². The second-order valence-corrected chi connectivity index (χ2v) is 7.46. The van der Waals surface area contributed by atoms with Crippen LogP contribution in [0.5, 0.6) is 0 Å². The molecule has 6 heteroatoms. The van der Waals surface area contributed by atoms with Crippen LogP contribution in [0, 0.1) is 5.92 Å². The van der Waals surface area contributed by atoms with E-state index in [-0.39, 0.29) is 30.2 Å². The maximum atomic E-state index is 10.7. The number of carbonyl (C=O) groups excluding carboxylic acids is 2. The first-order valence-electron chi connectivity index (χ1n) is 9.42. The minimum Gasteiger partial charge on any atom is -0.463 e. The predicted octanol–water partition coefficient (Wildman–Crippen LogP) is 5.37. The van der Waals surface area contributed by atoms with Crippen LogP contribution in [0.3, 0.4) is 0 Å². The van der Waals surface area contributed by atoms with Gasteiger partial charge in [0.2, 0.25) is 0 Å². The molecule has 0 aromatic rings.